The third-order valence-electron chi connectivity index (χ3n) is 3.86. The van der Waals surface area contributed by atoms with Gasteiger partial charge in [-0.2, -0.15) is 0 Å². The van der Waals surface area contributed by atoms with E-state index in [1.807, 2.05) is 24.3 Å². The molecule has 0 saturated heterocycles. The number of anilines is 1. The van der Waals surface area contributed by atoms with Gasteiger partial charge in [0.1, 0.15) is 18.9 Å². The number of para-hydroxylation sites is 2. The molecule has 0 aliphatic heterocycles. The van der Waals surface area contributed by atoms with Gasteiger partial charge in [-0.1, -0.05) is 18.2 Å². The van der Waals surface area contributed by atoms with E-state index in [-0.39, 0.29) is 18.9 Å². The number of nitrogens with one attached hydrogen (secondary N) is 1. The Bertz CT molecular complexity index is 985. The van der Waals surface area contributed by atoms with Crippen molar-refractivity contribution in [1.82, 2.24) is 9.55 Å². The summed E-state index contributed by atoms with van der Waals surface area (Å²) in [7, 11) is 0. The number of rotatable bonds is 8. The van der Waals surface area contributed by atoms with Crippen LogP contribution in [0, 0.1) is 10.1 Å². The van der Waals surface area contributed by atoms with Gasteiger partial charge in [0.25, 0.3) is 5.69 Å². The molecule has 9 heteroatoms. The number of nitro groups is 1. The zero-order valence-corrected chi connectivity index (χ0v) is 14.1. The number of nitrogens with zero attached hydrogens (tertiary/aromatic N) is 3. The maximum absolute atomic E-state index is 11.9. The van der Waals surface area contributed by atoms with Crippen molar-refractivity contribution in [2.75, 3.05) is 18.5 Å². The summed E-state index contributed by atoms with van der Waals surface area (Å²) in [6.45, 7) is -0.300. The second-order valence-corrected chi connectivity index (χ2v) is 5.71. The van der Waals surface area contributed by atoms with Gasteiger partial charge in [0, 0.05) is 17.8 Å². The highest BCUT2D eigenvalue weighted by molar-refractivity contribution is 5.92. The Labute approximate surface area is 153 Å². The number of hydrogen-bond acceptors (Lipinski definition) is 6. The summed E-state index contributed by atoms with van der Waals surface area (Å²) in [5, 5.41) is 13.3. The summed E-state index contributed by atoms with van der Waals surface area (Å²) in [4.78, 5) is 37.8. The first-order chi connectivity index (χ1) is 13.1. The predicted molar refractivity (Wildman–Crippen MR) is 97.4 cm³/mol. The first kappa shape index (κ1) is 18.2. The molecular weight excluding hydrogens is 352 g/mol. The number of non-ortho nitro benzene ring substituents is 1. The van der Waals surface area contributed by atoms with E-state index in [1.165, 1.54) is 24.3 Å². The molecule has 0 aliphatic carbocycles. The Balaban J connectivity index is 1.56. The van der Waals surface area contributed by atoms with Gasteiger partial charge in [-0.3, -0.25) is 14.9 Å². The SMILES string of the molecule is O=CC(COCC(=O)Nc1cccc([N+](=O)[O-])c1)n1cnc2ccccc21. The number of amides is 1. The van der Waals surface area contributed by atoms with Crippen molar-refractivity contribution in [3.8, 4) is 0 Å². The number of carbonyl (C=O) groups excluding carboxylic acids is 2. The van der Waals surface area contributed by atoms with E-state index in [1.54, 1.807) is 10.9 Å². The number of aromatic nitrogens is 2. The molecule has 0 radical (unpaired) electrons. The summed E-state index contributed by atoms with van der Waals surface area (Å²) in [6, 6.07) is 12.3. The fraction of sp³-hybridized carbons (Fsp3) is 0.167. The number of ether oxygens (including phenoxy) is 1. The zero-order chi connectivity index (χ0) is 19.2. The van der Waals surface area contributed by atoms with Gasteiger partial charge in [-0.25, -0.2) is 4.98 Å². The number of imidazole rings is 1. The Morgan fingerprint density at radius 2 is 2.11 bits per heavy atom. The fourth-order valence-corrected chi connectivity index (χ4v) is 2.59. The smallest absolute Gasteiger partial charge is 0.271 e. The molecule has 3 aromatic rings. The maximum atomic E-state index is 11.9. The summed E-state index contributed by atoms with van der Waals surface area (Å²) in [6.07, 6.45) is 2.28. The molecule has 27 heavy (non-hydrogen) atoms. The normalized spacial score (nSPS) is 11.9. The average molecular weight is 368 g/mol. The van der Waals surface area contributed by atoms with Gasteiger partial charge in [0.05, 0.1) is 28.9 Å². The lowest BCUT2D eigenvalue weighted by Gasteiger charge is -2.13. The number of hydrogen-bond donors (Lipinski definition) is 1. The molecule has 9 nitrogen and oxygen atoms in total. The van der Waals surface area contributed by atoms with E-state index >= 15 is 0 Å². The van der Waals surface area contributed by atoms with Crippen LogP contribution in [0.3, 0.4) is 0 Å². The Hall–Kier alpha value is -3.59. The molecule has 2 aromatic carbocycles. The van der Waals surface area contributed by atoms with Crippen LogP contribution in [0.1, 0.15) is 6.04 Å². The van der Waals surface area contributed by atoms with Crippen LogP contribution >= 0.6 is 0 Å². The highest BCUT2D eigenvalue weighted by atomic mass is 16.6. The lowest BCUT2D eigenvalue weighted by molar-refractivity contribution is -0.384. The molecule has 0 spiro atoms. The lowest BCUT2D eigenvalue weighted by Crippen LogP contribution is -2.22. The van der Waals surface area contributed by atoms with Crippen LogP contribution in [-0.4, -0.2) is 39.9 Å². The quantitative estimate of drug-likeness (QED) is 0.371. The van der Waals surface area contributed by atoms with Crippen molar-refractivity contribution >= 4 is 34.6 Å². The number of benzene rings is 2. The molecule has 1 heterocycles. The third-order valence-corrected chi connectivity index (χ3v) is 3.86. The molecule has 1 aromatic heterocycles. The monoisotopic (exact) mass is 368 g/mol. The van der Waals surface area contributed by atoms with E-state index in [9.17, 15) is 19.7 Å². The van der Waals surface area contributed by atoms with Crippen molar-refractivity contribution in [2.45, 2.75) is 6.04 Å². The fourth-order valence-electron chi connectivity index (χ4n) is 2.59. The molecule has 1 amide bonds. The van der Waals surface area contributed by atoms with Gasteiger partial charge in [-0.15, -0.1) is 0 Å². The van der Waals surface area contributed by atoms with Gasteiger partial charge >= 0.3 is 0 Å². The zero-order valence-electron chi connectivity index (χ0n) is 14.1. The predicted octanol–water partition coefficient (Wildman–Crippen LogP) is 2.34. The number of aldehydes is 1. The number of carbonyl (C=O) groups is 2. The van der Waals surface area contributed by atoms with Gasteiger partial charge in [0.2, 0.25) is 5.91 Å². The van der Waals surface area contributed by atoms with Gasteiger partial charge < -0.3 is 19.4 Å². The minimum Gasteiger partial charge on any atom is -0.369 e. The molecule has 1 unspecified atom stereocenters. The molecule has 0 fully saturated rings. The van der Waals surface area contributed by atoms with E-state index in [0.29, 0.717) is 5.69 Å². The second kappa shape index (κ2) is 8.19. The van der Waals surface area contributed by atoms with Crippen LogP contribution in [0.15, 0.2) is 54.9 Å². The Kier molecular flexibility index (Phi) is 5.53. The lowest BCUT2D eigenvalue weighted by atomic mass is 10.3. The first-order valence-corrected chi connectivity index (χ1v) is 8.07. The molecule has 0 bridgehead atoms. The minimum absolute atomic E-state index is 0.00773. The Morgan fingerprint density at radius 3 is 2.89 bits per heavy atom. The molecule has 138 valence electrons. The van der Waals surface area contributed by atoms with Crippen LogP contribution in [0.5, 0.6) is 0 Å². The molecule has 1 N–H and O–H groups in total. The topological polar surface area (TPSA) is 116 Å². The Morgan fingerprint density at radius 1 is 1.30 bits per heavy atom. The molecule has 3 rings (SSSR count). The van der Waals surface area contributed by atoms with Crippen LogP contribution in [-0.2, 0) is 14.3 Å². The highest BCUT2D eigenvalue weighted by Crippen LogP contribution is 2.18. The van der Waals surface area contributed by atoms with Gasteiger partial charge in [0.15, 0.2) is 0 Å². The second-order valence-electron chi connectivity index (χ2n) is 5.71. The van der Waals surface area contributed by atoms with E-state index < -0.39 is 16.9 Å². The number of fused-ring (bicyclic) bond motifs is 1. The van der Waals surface area contributed by atoms with Crippen LogP contribution in [0.4, 0.5) is 11.4 Å². The van der Waals surface area contributed by atoms with Crippen LogP contribution in [0.25, 0.3) is 11.0 Å². The first-order valence-electron chi connectivity index (χ1n) is 8.07. The van der Waals surface area contributed by atoms with Crippen molar-refractivity contribution in [3.05, 3.63) is 65.0 Å². The minimum atomic E-state index is -0.622. The van der Waals surface area contributed by atoms with Crippen molar-refractivity contribution < 1.29 is 19.2 Å². The van der Waals surface area contributed by atoms with E-state index in [2.05, 4.69) is 10.3 Å². The molecule has 1 atom stereocenters. The van der Waals surface area contributed by atoms with Crippen molar-refractivity contribution in [2.24, 2.45) is 0 Å². The summed E-state index contributed by atoms with van der Waals surface area (Å²) in [5.74, 6) is -0.476. The third kappa shape index (κ3) is 4.33. The van der Waals surface area contributed by atoms with E-state index in [4.69, 9.17) is 4.74 Å². The van der Waals surface area contributed by atoms with E-state index in [0.717, 1.165) is 17.3 Å². The summed E-state index contributed by atoms with van der Waals surface area (Å²) >= 11 is 0. The largest absolute Gasteiger partial charge is 0.369 e. The highest BCUT2D eigenvalue weighted by Gasteiger charge is 2.14. The van der Waals surface area contributed by atoms with Crippen molar-refractivity contribution in [3.63, 3.8) is 0 Å². The maximum Gasteiger partial charge on any atom is 0.271 e. The molecular formula is C18H16N4O5. The average Bonchev–Trinajstić information content (AvgIpc) is 3.09. The summed E-state index contributed by atoms with van der Waals surface area (Å²) in [5.41, 5.74) is 1.72. The summed E-state index contributed by atoms with van der Waals surface area (Å²) < 4.78 is 7.03. The number of nitro benzene ring substituents is 1. The van der Waals surface area contributed by atoms with Gasteiger partial charge in [-0.05, 0) is 18.2 Å². The van der Waals surface area contributed by atoms with Crippen LogP contribution in [0.2, 0.25) is 0 Å². The molecule has 0 saturated carbocycles. The molecule has 0 aliphatic rings. The standard InChI is InChI=1S/C18H16N4O5/c23-9-15(21-12-19-16-6-1-2-7-17(16)21)10-27-11-18(24)20-13-4-3-5-14(8-13)22(25)26/h1-9,12,15H,10-11H2,(H,20,24). The van der Waals surface area contributed by atoms with Crippen LogP contribution < -0.4 is 5.32 Å². The van der Waals surface area contributed by atoms with Crippen molar-refractivity contribution in [1.29, 1.82) is 0 Å².